The van der Waals surface area contributed by atoms with Crippen molar-refractivity contribution in [2.24, 2.45) is 0 Å². The topological polar surface area (TPSA) is 92.1 Å². The average Bonchev–Trinajstić information content (AvgIpc) is 2.46. The van der Waals surface area contributed by atoms with Gasteiger partial charge < -0.3 is 5.73 Å². The van der Waals surface area contributed by atoms with Crippen LogP contribution in [0, 0.1) is 0 Å². The molecule has 15 heavy (non-hydrogen) atoms. The Kier molecular flexibility index (Phi) is 2.18. The predicted molar refractivity (Wildman–Crippen MR) is 55.6 cm³/mol. The molecule has 2 heterocycles. The van der Waals surface area contributed by atoms with E-state index in [-0.39, 0.29) is 23.8 Å². The number of nitrogen functional groups attached to an aromatic ring is 1. The van der Waals surface area contributed by atoms with E-state index >= 15 is 0 Å². The van der Waals surface area contributed by atoms with Crippen molar-refractivity contribution in [3.05, 3.63) is 15.9 Å². The number of aromatic nitrogens is 2. The van der Waals surface area contributed by atoms with Gasteiger partial charge in [0.1, 0.15) is 5.82 Å². The lowest BCUT2D eigenvalue weighted by atomic mass is 10.3. The molecule has 6 nitrogen and oxygen atoms in total. The standard InChI is InChI=1S/C9H12N4O2/c1-2-3-13-6(14)4-5-7(13)11-9(10)12-8(5)15/h2-4H2,1H3,(H3,10,11,12,15). The molecule has 2 rings (SSSR count). The van der Waals surface area contributed by atoms with E-state index in [0.717, 1.165) is 6.42 Å². The van der Waals surface area contributed by atoms with Crippen molar-refractivity contribution in [2.45, 2.75) is 19.8 Å². The van der Waals surface area contributed by atoms with Gasteiger partial charge in [-0.05, 0) is 6.42 Å². The summed E-state index contributed by atoms with van der Waals surface area (Å²) in [6.45, 7) is 2.53. The maximum Gasteiger partial charge on any atom is 0.258 e. The number of rotatable bonds is 2. The van der Waals surface area contributed by atoms with Crippen LogP contribution in [0.1, 0.15) is 18.9 Å². The number of nitrogens with one attached hydrogen (secondary N) is 1. The van der Waals surface area contributed by atoms with Gasteiger partial charge in [0.05, 0.1) is 12.0 Å². The highest BCUT2D eigenvalue weighted by Crippen LogP contribution is 2.23. The molecule has 0 fully saturated rings. The van der Waals surface area contributed by atoms with E-state index in [9.17, 15) is 9.59 Å². The molecule has 1 aromatic heterocycles. The Bertz CT molecular complexity index is 466. The predicted octanol–water partition coefficient (Wildman–Crippen LogP) is -0.349. The molecule has 1 aliphatic heterocycles. The first-order chi connectivity index (χ1) is 7.13. The largest absolute Gasteiger partial charge is 0.369 e. The summed E-state index contributed by atoms with van der Waals surface area (Å²) in [4.78, 5) is 30.9. The van der Waals surface area contributed by atoms with E-state index in [1.54, 1.807) is 0 Å². The Labute approximate surface area is 86.1 Å². The number of fused-ring (bicyclic) bond motifs is 1. The van der Waals surface area contributed by atoms with Gasteiger partial charge in [-0.1, -0.05) is 6.92 Å². The summed E-state index contributed by atoms with van der Waals surface area (Å²) in [7, 11) is 0. The summed E-state index contributed by atoms with van der Waals surface area (Å²) in [5.74, 6) is 0.383. The van der Waals surface area contributed by atoms with Gasteiger partial charge in [-0.3, -0.25) is 19.5 Å². The average molecular weight is 208 g/mol. The zero-order chi connectivity index (χ0) is 11.0. The number of carbonyl (C=O) groups is 1. The molecular weight excluding hydrogens is 196 g/mol. The van der Waals surface area contributed by atoms with Crippen molar-refractivity contribution >= 4 is 17.7 Å². The Morgan fingerprint density at radius 1 is 1.53 bits per heavy atom. The molecule has 0 atom stereocenters. The van der Waals surface area contributed by atoms with Crippen LogP contribution in [-0.2, 0) is 11.2 Å². The fourth-order valence-corrected chi connectivity index (χ4v) is 1.70. The lowest BCUT2D eigenvalue weighted by Gasteiger charge is -2.14. The molecule has 0 spiro atoms. The van der Waals surface area contributed by atoms with Gasteiger partial charge >= 0.3 is 0 Å². The third-order valence-corrected chi connectivity index (χ3v) is 2.34. The SMILES string of the molecule is CCCN1C(=O)Cc2c1nc(N)[nH]c2=O. The number of aromatic amines is 1. The fourth-order valence-electron chi connectivity index (χ4n) is 1.70. The van der Waals surface area contributed by atoms with Crippen LogP contribution >= 0.6 is 0 Å². The van der Waals surface area contributed by atoms with Gasteiger partial charge in [-0.15, -0.1) is 0 Å². The quantitative estimate of drug-likeness (QED) is 0.694. The van der Waals surface area contributed by atoms with Crippen LogP contribution in [0.3, 0.4) is 0 Å². The summed E-state index contributed by atoms with van der Waals surface area (Å²) < 4.78 is 0. The number of hydrogen-bond acceptors (Lipinski definition) is 4. The molecule has 3 N–H and O–H groups in total. The number of hydrogen-bond donors (Lipinski definition) is 2. The van der Waals surface area contributed by atoms with Crippen LogP contribution in [0.5, 0.6) is 0 Å². The third kappa shape index (κ3) is 1.47. The van der Waals surface area contributed by atoms with Gasteiger partial charge in [-0.25, -0.2) is 0 Å². The summed E-state index contributed by atoms with van der Waals surface area (Å²) in [6, 6.07) is 0. The van der Waals surface area contributed by atoms with Crippen LogP contribution in [0.4, 0.5) is 11.8 Å². The number of H-pyrrole nitrogens is 1. The first kappa shape index (κ1) is 9.70. The van der Waals surface area contributed by atoms with Crippen LogP contribution in [0.25, 0.3) is 0 Å². The summed E-state index contributed by atoms with van der Waals surface area (Å²) in [5, 5.41) is 0. The first-order valence-corrected chi connectivity index (χ1v) is 4.82. The second kappa shape index (κ2) is 3.38. The molecule has 1 amide bonds. The summed E-state index contributed by atoms with van der Waals surface area (Å²) in [5.41, 5.74) is 5.53. The lowest BCUT2D eigenvalue weighted by molar-refractivity contribution is -0.117. The Morgan fingerprint density at radius 3 is 2.93 bits per heavy atom. The smallest absolute Gasteiger partial charge is 0.258 e. The number of anilines is 2. The minimum Gasteiger partial charge on any atom is -0.369 e. The second-order valence-corrected chi connectivity index (χ2v) is 3.48. The molecule has 0 aromatic carbocycles. The molecular formula is C9H12N4O2. The van der Waals surface area contributed by atoms with Crippen molar-refractivity contribution < 1.29 is 4.79 Å². The van der Waals surface area contributed by atoms with Crippen LogP contribution < -0.4 is 16.2 Å². The molecule has 1 aromatic rings. The maximum atomic E-state index is 11.6. The number of nitrogens with two attached hydrogens (primary N) is 1. The van der Waals surface area contributed by atoms with Crippen LogP contribution in [-0.4, -0.2) is 22.4 Å². The van der Waals surface area contributed by atoms with E-state index in [4.69, 9.17) is 5.73 Å². The van der Waals surface area contributed by atoms with E-state index in [2.05, 4.69) is 9.97 Å². The van der Waals surface area contributed by atoms with Gasteiger partial charge in [-0.2, -0.15) is 4.98 Å². The molecule has 0 saturated carbocycles. The molecule has 0 aliphatic carbocycles. The Morgan fingerprint density at radius 2 is 2.27 bits per heavy atom. The third-order valence-electron chi connectivity index (χ3n) is 2.34. The van der Waals surface area contributed by atoms with Crippen molar-refractivity contribution in [3.8, 4) is 0 Å². The zero-order valence-corrected chi connectivity index (χ0v) is 8.41. The zero-order valence-electron chi connectivity index (χ0n) is 8.41. The summed E-state index contributed by atoms with van der Waals surface area (Å²) in [6.07, 6.45) is 0.942. The van der Waals surface area contributed by atoms with Gasteiger partial charge in [0.15, 0.2) is 0 Å². The highest BCUT2D eigenvalue weighted by atomic mass is 16.2. The van der Waals surface area contributed by atoms with Gasteiger partial charge in [0.2, 0.25) is 11.9 Å². The van der Waals surface area contributed by atoms with Crippen molar-refractivity contribution in [1.29, 1.82) is 0 Å². The number of nitrogens with zero attached hydrogens (tertiary/aromatic N) is 2. The van der Waals surface area contributed by atoms with Gasteiger partial charge in [0, 0.05) is 6.54 Å². The fraction of sp³-hybridized carbons (Fsp3) is 0.444. The molecule has 0 unspecified atom stereocenters. The van der Waals surface area contributed by atoms with Crippen molar-refractivity contribution in [2.75, 3.05) is 17.2 Å². The Hall–Kier alpha value is -1.85. The minimum atomic E-state index is -0.315. The van der Waals surface area contributed by atoms with Crippen LogP contribution in [0.15, 0.2) is 4.79 Å². The van der Waals surface area contributed by atoms with E-state index in [0.29, 0.717) is 17.9 Å². The van der Waals surface area contributed by atoms with Gasteiger partial charge in [0.25, 0.3) is 5.56 Å². The molecule has 80 valence electrons. The van der Waals surface area contributed by atoms with E-state index in [1.165, 1.54) is 4.90 Å². The molecule has 6 heteroatoms. The van der Waals surface area contributed by atoms with E-state index < -0.39 is 0 Å². The Balaban J connectivity index is 2.53. The monoisotopic (exact) mass is 208 g/mol. The van der Waals surface area contributed by atoms with E-state index in [1.807, 2.05) is 6.92 Å². The highest BCUT2D eigenvalue weighted by molar-refractivity contribution is 6.00. The first-order valence-electron chi connectivity index (χ1n) is 4.82. The molecule has 0 bridgehead atoms. The normalized spacial score (nSPS) is 14.5. The number of amides is 1. The second-order valence-electron chi connectivity index (χ2n) is 3.48. The maximum absolute atomic E-state index is 11.6. The van der Waals surface area contributed by atoms with Crippen molar-refractivity contribution in [1.82, 2.24) is 9.97 Å². The molecule has 0 saturated heterocycles. The minimum absolute atomic E-state index is 0.0505. The van der Waals surface area contributed by atoms with Crippen molar-refractivity contribution in [3.63, 3.8) is 0 Å². The highest BCUT2D eigenvalue weighted by Gasteiger charge is 2.30. The molecule has 0 radical (unpaired) electrons. The van der Waals surface area contributed by atoms with Crippen LogP contribution in [0.2, 0.25) is 0 Å². The lowest BCUT2D eigenvalue weighted by Crippen LogP contribution is -2.28. The summed E-state index contributed by atoms with van der Waals surface area (Å²) >= 11 is 0. The number of carbonyl (C=O) groups excluding carboxylic acids is 1. The molecule has 1 aliphatic rings.